The standard InChI is InChI=1S/C17H23F3N3O5P/c1-3-4-5-6-7-21-12-9-14-13(8-11(12)17(18,19)20)22-15(24)16(25)23(14)10(2)29(26,27)28/h8-10,21H,3-7H2,1-2H3,(H,22,24)(H2,26,27,28). The fraction of sp³-hybridized carbons (Fsp3) is 0.529. The highest BCUT2D eigenvalue weighted by Gasteiger charge is 2.35. The molecule has 1 unspecified atom stereocenters. The van der Waals surface area contributed by atoms with Crippen molar-refractivity contribution in [2.45, 2.75) is 51.5 Å². The van der Waals surface area contributed by atoms with Gasteiger partial charge in [0.15, 0.2) is 0 Å². The molecule has 0 bridgehead atoms. The lowest BCUT2D eigenvalue weighted by molar-refractivity contribution is -0.136. The molecule has 0 aliphatic rings. The van der Waals surface area contributed by atoms with Crippen molar-refractivity contribution in [1.29, 1.82) is 0 Å². The van der Waals surface area contributed by atoms with Crippen LogP contribution < -0.4 is 16.4 Å². The first-order valence-electron chi connectivity index (χ1n) is 9.06. The van der Waals surface area contributed by atoms with E-state index in [1.54, 1.807) is 0 Å². The minimum atomic E-state index is -4.86. The van der Waals surface area contributed by atoms with Crippen molar-refractivity contribution >= 4 is 24.3 Å². The van der Waals surface area contributed by atoms with Crippen LogP contribution in [0.1, 0.15) is 50.9 Å². The molecule has 1 heterocycles. The summed E-state index contributed by atoms with van der Waals surface area (Å²) in [6, 6.07) is 1.65. The van der Waals surface area contributed by atoms with Crippen molar-refractivity contribution in [3.63, 3.8) is 0 Å². The summed E-state index contributed by atoms with van der Waals surface area (Å²) in [5, 5.41) is 2.69. The number of rotatable bonds is 8. The molecule has 2 rings (SSSR count). The Morgan fingerprint density at radius 2 is 1.86 bits per heavy atom. The summed E-state index contributed by atoms with van der Waals surface area (Å²) in [5.74, 6) is -1.73. The summed E-state index contributed by atoms with van der Waals surface area (Å²) >= 11 is 0. The van der Waals surface area contributed by atoms with Gasteiger partial charge in [-0.15, -0.1) is 0 Å². The Bertz CT molecular complexity index is 1040. The summed E-state index contributed by atoms with van der Waals surface area (Å²) in [7, 11) is -4.86. The normalized spacial score (nSPS) is 13.6. The van der Waals surface area contributed by atoms with Crippen molar-refractivity contribution in [2.24, 2.45) is 0 Å². The Labute approximate surface area is 163 Å². The molecule has 0 saturated heterocycles. The van der Waals surface area contributed by atoms with Gasteiger partial charge in [0.05, 0.1) is 16.6 Å². The predicted molar refractivity (Wildman–Crippen MR) is 103 cm³/mol. The molecule has 0 aliphatic carbocycles. The van der Waals surface area contributed by atoms with Crippen molar-refractivity contribution in [3.8, 4) is 0 Å². The van der Waals surface area contributed by atoms with E-state index in [0.717, 1.165) is 32.3 Å². The zero-order chi connectivity index (χ0) is 22.0. The summed E-state index contributed by atoms with van der Waals surface area (Å²) < 4.78 is 52.7. The number of aromatic amines is 1. The van der Waals surface area contributed by atoms with E-state index < -0.39 is 36.2 Å². The number of aromatic nitrogens is 2. The van der Waals surface area contributed by atoms with Crippen molar-refractivity contribution in [2.75, 3.05) is 11.9 Å². The molecule has 1 aromatic heterocycles. The average Bonchev–Trinajstić information content (AvgIpc) is 2.60. The molecular weight excluding hydrogens is 414 g/mol. The van der Waals surface area contributed by atoms with Crippen LogP contribution in [0, 0.1) is 0 Å². The summed E-state index contributed by atoms with van der Waals surface area (Å²) in [4.78, 5) is 45.0. The van der Waals surface area contributed by atoms with Crippen LogP contribution in [0.2, 0.25) is 0 Å². The van der Waals surface area contributed by atoms with E-state index in [2.05, 4.69) is 10.3 Å². The summed E-state index contributed by atoms with van der Waals surface area (Å²) in [6.07, 6.45) is -1.39. The van der Waals surface area contributed by atoms with Gasteiger partial charge in [-0.25, -0.2) is 0 Å². The number of hydrogen-bond donors (Lipinski definition) is 4. The lowest BCUT2D eigenvalue weighted by atomic mass is 10.1. The van der Waals surface area contributed by atoms with Gasteiger partial charge < -0.3 is 20.1 Å². The number of anilines is 1. The van der Waals surface area contributed by atoms with E-state index in [1.807, 2.05) is 6.92 Å². The number of nitrogens with one attached hydrogen (secondary N) is 2. The maximum absolute atomic E-state index is 13.5. The maximum Gasteiger partial charge on any atom is 0.418 e. The first-order chi connectivity index (χ1) is 13.4. The number of benzene rings is 1. The fourth-order valence-corrected chi connectivity index (χ4v) is 3.49. The number of nitrogens with zero attached hydrogens (tertiary/aromatic N) is 1. The van der Waals surface area contributed by atoms with Crippen molar-refractivity contribution in [1.82, 2.24) is 9.55 Å². The van der Waals surface area contributed by atoms with Crippen LogP contribution in [-0.2, 0) is 10.7 Å². The number of hydrogen-bond acceptors (Lipinski definition) is 4. The van der Waals surface area contributed by atoms with E-state index in [4.69, 9.17) is 0 Å². The highest BCUT2D eigenvalue weighted by atomic mass is 31.2. The molecule has 1 aromatic carbocycles. The van der Waals surface area contributed by atoms with Gasteiger partial charge in [-0.1, -0.05) is 26.2 Å². The summed E-state index contributed by atoms with van der Waals surface area (Å²) in [5.41, 5.74) is -4.48. The third kappa shape index (κ3) is 5.29. The number of H-pyrrole nitrogens is 1. The lowest BCUT2D eigenvalue weighted by Gasteiger charge is -2.21. The van der Waals surface area contributed by atoms with Gasteiger partial charge >= 0.3 is 24.9 Å². The molecule has 0 fully saturated rings. The highest BCUT2D eigenvalue weighted by molar-refractivity contribution is 7.51. The average molecular weight is 437 g/mol. The topological polar surface area (TPSA) is 124 Å². The van der Waals surface area contributed by atoms with E-state index in [1.165, 1.54) is 0 Å². The Hall–Kier alpha value is -2.10. The van der Waals surface area contributed by atoms with Gasteiger partial charge in [-0.05, 0) is 25.5 Å². The molecule has 0 aliphatic heterocycles. The van der Waals surface area contributed by atoms with Crippen molar-refractivity contribution < 1.29 is 27.5 Å². The van der Waals surface area contributed by atoms with Gasteiger partial charge in [-0.3, -0.25) is 18.7 Å². The third-order valence-electron chi connectivity index (χ3n) is 4.57. The second kappa shape index (κ2) is 8.73. The van der Waals surface area contributed by atoms with Crippen LogP contribution in [0.25, 0.3) is 11.0 Å². The minimum Gasteiger partial charge on any atom is -0.384 e. The predicted octanol–water partition coefficient (Wildman–Crippen LogP) is 3.40. The molecule has 0 amide bonds. The molecule has 2 aromatic rings. The molecule has 162 valence electrons. The van der Waals surface area contributed by atoms with Crippen LogP contribution in [0.5, 0.6) is 0 Å². The number of alkyl halides is 3. The molecule has 1 atom stereocenters. The van der Waals surface area contributed by atoms with E-state index in [9.17, 15) is 37.1 Å². The molecule has 29 heavy (non-hydrogen) atoms. The van der Waals surface area contributed by atoms with E-state index in [0.29, 0.717) is 17.1 Å². The van der Waals surface area contributed by atoms with Gasteiger partial charge in [0.1, 0.15) is 5.78 Å². The molecule has 0 saturated carbocycles. The van der Waals surface area contributed by atoms with Crippen LogP contribution in [0.3, 0.4) is 0 Å². The second-order valence-corrected chi connectivity index (χ2v) is 8.68. The van der Waals surface area contributed by atoms with Gasteiger partial charge in [0, 0.05) is 12.2 Å². The summed E-state index contributed by atoms with van der Waals surface area (Å²) in [6.45, 7) is 3.27. The van der Waals surface area contributed by atoms with E-state index in [-0.39, 0.29) is 23.3 Å². The van der Waals surface area contributed by atoms with Crippen LogP contribution in [-0.4, -0.2) is 25.9 Å². The molecule has 12 heteroatoms. The molecule has 0 radical (unpaired) electrons. The molecule has 0 spiro atoms. The molecular formula is C17H23F3N3O5P. The lowest BCUT2D eigenvalue weighted by Crippen LogP contribution is -2.38. The number of halogens is 3. The fourth-order valence-electron chi connectivity index (χ4n) is 2.96. The zero-order valence-electron chi connectivity index (χ0n) is 15.9. The zero-order valence-corrected chi connectivity index (χ0v) is 16.8. The number of unbranched alkanes of at least 4 members (excludes halogenated alkanes) is 3. The molecule has 4 N–H and O–H groups in total. The first kappa shape index (κ1) is 23.2. The largest absolute Gasteiger partial charge is 0.418 e. The second-order valence-electron chi connectivity index (χ2n) is 6.75. The Morgan fingerprint density at radius 1 is 1.21 bits per heavy atom. The van der Waals surface area contributed by atoms with Gasteiger partial charge in [0.2, 0.25) is 0 Å². The first-order valence-corrected chi connectivity index (χ1v) is 10.7. The van der Waals surface area contributed by atoms with Gasteiger partial charge in [0.25, 0.3) is 0 Å². The minimum absolute atomic E-state index is 0.213. The Morgan fingerprint density at radius 3 is 2.41 bits per heavy atom. The van der Waals surface area contributed by atoms with Crippen molar-refractivity contribution in [3.05, 3.63) is 38.4 Å². The number of fused-ring (bicyclic) bond motifs is 1. The van der Waals surface area contributed by atoms with Crippen LogP contribution >= 0.6 is 7.60 Å². The van der Waals surface area contributed by atoms with Crippen LogP contribution in [0.4, 0.5) is 18.9 Å². The van der Waals surface area contributed by atoms with E-state index >= 15 is 0 Å². The van der Waals surface area contributed by atoms with Crippen LogP contribution in [0.15, 0.2) is 21.7 Å². The Balaban J connectivity index is 2.68. The third-order valence-corrected chi connectivity index (χ3v) is 5.77. The maximum atomic E-state index is 13.5. The Kier molecular flexibility index (Phi) is 6.97. The monoisotopic (exact) mass is 437 g/mol. The SMILES string of the molecule is CCCCCCNc1cc2c(cc1C(F)(F)F)[nH]c(=O)c(=O)n2C(C)P(=O)(O)O. The highest BCUT2D eigenvalue weighted by Crippen LogP contribution is 2.48. The van der Waals surface area contributed by atoms with Gasteiger partial charge in [-0.2, -0.15) is 13.2 Å². The smallest absolute Gasteiger partial charge is 0.384 e. The quantitative estimate of drug-likeness (QED) is 0.285. The molecule has 8 nitrogen and oxygen atoms in total.